The largest absolute Gasteiger partial charge is 0.460 e. The molecule has 0 amide bonds. The summed E-state index contributed by atoms with van der Waals surface area (Å²) in [5.41, 5.74) is -0.317. The van der Waals surface area contributed by atoms with Crippen LogP contribution >= 0.6 is 15.9 Å². The van der Waals surface area contributed by atoms with E-state index >= 15 is 0 Å². The molecular formula is C18H19BrF3N3O. The number of ether oxygens (including phenoxy) is 1. The van der Waals surface area contributed by atoms with E-state index in [1.165, 1.54) is 4.90 Å². The maximum Gasteiger partial charge on any atom is 0.421 e. The average molecular weight is 430 g/mol. The van der Waals surface area contributed by atoms with Gasteiger partial charge in [-0.25, -0.2) is 4.98 Å². The first kappa shape index (κ1) is 18.9. The fourth-order valence-electron chi connectivity index (χ4n) is 3.01. The maximum absolute atomic E-state index is 13.4. The highest BCUT2D eigenvalue weighted by Crippen LogP contribution is 2.38. The van der Waals surface area contributed by atoms with Gasteiger partial charge in [-0.2, -0.15) is 18.2 Å². The Morgan fingerprint density at radius 1 is 1.19 bits per heavy atom. The Hall–Kier alpha value is -1.83. The zero-order valence-electron chi connectivity index (χ0n) is 14.3. The Kier molecular flexibility index (Phi) is 5.70. The number of hydrogen-bond donors (Lipinski definition) is 0. The van der Waals surface area contributed by atoms with Crippen LogP contribution in [0, 0.1) is 0 Å². The van der Waals surface area contributed by atoms with Crippen molar-refractivity contribution in [3.63, 3.8) is 0 Å². The number of nitrogens with zero attached hydrogens (tertiary/aromatic N) is 3. The van der Waals surface area contributed by atoms with Crippen molar-refractivity contribution in [3.05, 3.63) is 40.5 Å². The third-order valence-electron chi connectivity index (χ3n) is 4.39. The Morgan fingerprint density at radius 3 is 2.58 bits per heavy atom. The van der Waals surface area contributed by atoms with E-state index in [1.54, 1.807) is 31.3 Å². The molecule has 0 radical (unpaired) electrons. The highest BCUT2D eigenvalue weighted by atomic mass is 79.9. The van der Waals surface area contributed by atoms with Gasteiger partial charge in [-0.3, -0.25) is 0 Å². The van der Waals surface area contributed by atoms with Crippen molar-refractivity contribution in [2.24, 2.45) is 0 Å². The zero-order valence-corrected chi connectivity index (χ0v) is 15.8. The van der Waals surface area contributed by atoms with Crippen LogP contribution < -0.4 is 9.64 Å². The quantitative estimate of drug-likeness (QED) is 0.621. The van der Waals surface area contributed by atoms with Crippen LogP contribution in [0.4, 0.5) is 24.7 Å². The Labute approximate surface area is 158 Å². The van der Waals surface area contributed by atoms with Gasteiger partial charge in [-0.1, -0.05) is 28.4 Å². The summed E-state index contributed by atoms with van der Waals surface area (Å²) in [6.07, 6.45) is 1.22. The molecule has 0 bridgehead atoms. The second-order valence-electron chi connectivity index (χ2n) is 6.30. The van der Waals surface area contributed by atoms with Crippen LogP contribution in [0.5, 0.6) is 6.01 Å². The summed E-state index contributed by atoms with van der Waals surface area (Å²) in [4.78, 5) is 9.29. The minimum atomic E-state index is -4.56. The number of alkyl halides is 3. The van der Waals surface area contributed by atoms with Gasteiger partial charge in [0.2, 0.25) is 0 Å². The molecule has 26 heavy (non-hydrogen) atoms. The molecule has 1 aromatic carbocycles. The van der Waals surface area contributed by atoms with Crippen molar-refractivity contribution < 1.29 is 17.9 Å². The summed E-state index contributed by atoms with van der Waals surface area (Å²) < 4.78 is 46.8. The second kappa shape index (κ2) is 7.82. The highest BCUT2D eigenvalue weighted by molar-refractivity contribution is 9.10. The smallest absolute Gasteiger partial charge is 0.421 e. The molecule has 8 heteroatoms. The van der Waals surface area contributed by atoms with Gasteiger partial charge in [0.25, 0.3) is 0 Å². The van der Waals surface area contributed by atoms with Crippen molar-refractivity contribution in [1.82, 2.24) is 9.97 Å². The number of halogens is 4. The first-order valence-corrected chi connectivity index (χ1v) is 9.24. The summed E-state index contributed by atoms with van der Waals surface area (Å²) >= 11 is 3.33. The molecule has 0 spiro atoms. The fourth-order valence-corrected chi connectivity index (χ4v) is 3.40. The van der Waals surface area contributed by atoms with E-state index in [2.05, 4.69) is 25.9 Å². The van der Waals surface area contributed by atoms with Crippen LogP contribution in [0.3, 0.4) is 0 Å². The van der Waals surface area contributed by atoms with Crippen molar-refractivity contribution in [2.45, 2.75) is 44.4 Å². The average Bonchev–Trinajstić information content (AvgIpc) is 2.61. The minimum Gasteiger partial charge on any atom is -0.460 e. The van der Waals surface area contributed by atoms with Crippen LogP contribution in [0.2, 0.25) is 0 Å². The minimum absolute atomic E-state index is 0.0123. The van der Waals surface area contributed by atoms with E-state index < -0.39 is 11.7 Å². The van der Waals surface area contributed by atoms with E-state index in [4.69, 9.17) is 4.74 Å². The molecular weight excluding hydrogens is 411 g/mol. The molecule has 140 valence electrons. The van der Waals surface area contributed by atoms with Crippen molar-refractivity contribution in [3.8, 4) is 6.01 Å². The Balaban J connectivity index is 1.95. The molecule has 4 nitrogen and oxygen atoms in total. The molecule has 0 aliphatic heterocycles. The lowest BCUT2D eigenvalue weighted by molar-refractivity contribution is -0.137. The number of benzene rings is 1. The normalized spacial score (nSPS) is 15.7. The highest BCUT2D eigenvalue weighted by Gasteiger charge is 2.37. The summed E-state index contributed by atoms with van der Waals surface area (Å²) in [7, 11) is 1.55. The fraction of sp³-hybridized carbons (Fsp3) is 0.444. The third-order valence-corrected chi connectivity index (χ3v) is 4.88. The second-order valence-corrected chi connectivity index (χ2v) is 7.22. The van der Waals surface area contributed by atoms with E-state index in [9.17, 15) is 13.2 Å². The molecule has 1 saturated carbocycles. The molecule has 0 N–H and O–H groups in total. The summed E-state index contributed by atoms with van der Waals surface area (Å²) in [5.74, 6) is -0.226. The van der Waals surface area contributed by atoms with E-state index in [0.717, 1.165) is 42.8 Å². The number of hydrogen-bond acceptors (Lipinski definition) is 4. The van der Waals surface area contributed by atoms with Gasteiger partial charge in [0, 0.05) is 23.4 Å². The molecule has 1 aliphatic carbocycles. The van der Waals surface area contributed by atoms with Gasteiger partial charge < -0.3 is 9.64 Å². The van der Waals surface area contributed by atoms with Crippen LogP contribution in [-0.4, -0.2) is 23.1 Å². The predicted octanol–water partition coefficient (Wildman–Crippen LogP) is 5.74. The number of aromatic nitrogens is 2. The molecule has 0 saturated heterocycles. The zero-order chi connectivity index (χ0) is 18.7. The molecule has 3 rings (SSSR count). The van der Waals surface area contributed by atoms with Crippen molar-refractivity contribution >= 4 is 27.4 Å². The van der Waals surface area contributed by atoms with Crippen LogP contribution in [-0.2, 0) is 6.18 Å². The lowest BCUT2D eigenvalue weighted by Crippen LogP contribution is -2.23. The van der Waals surface area contributed by atoms with Crippen molar-refractivity contribution in [1.29, 1.82) is 0 Å². The van der Waals surface area contributed by atoms with Gasteiger partial charge in [-0.15, -0.1) is 0 Å². The third kappa shape index (κ3) is 4.47. The first-order valence-electron chi connectivity index (χ1n) is 8.45. The van der Waals surface area contributed by atoms with Crippen LogP contribution in [0.1, 0.15) is 37.7 Å². The number of rotatable bonds is 4. The van der Waals surface area contributed by atoms with Gasteiger partial charge in [-0.05, 0) is 43.9 Å². The summed E-state index contributed by atoms with van der Waals surface area (Å²) in [5, 5.41) is 0. The van der Waals surface area contributed by atoms with Gasteiger partial charge in [0.15, 0.2) is 5.82 Å². The standard InChI is InChI=1S/C18H19BrF3N3O/c1-25(13-7-5-6-12(19)10-13)16-15(18(20,21)22)11-23-17(24-16)26-14-8-3-2-4-9-14/h5-7,10-11,14H,2-4,8-9H2,1H3. The monoisotopic (exact) mass is 429 g/mol. The molecule has 1 aromatic heterocycles. The maximum atomic E-state index is 13.4. The molecule has 1 fully saturated rings. The van der Waals surface area contributed by atoms with Crippen LogP contribution in [0.25, 0.3) is 0 Å². The lowest BCUT2D eigenvalue weighted by Gasteiger charge is -2.25. The van der Waals surface area contributed by atoms with Gasteiger partial charge in [0.1, 0.15) is 11.7 Å². The van der Waals surface area contributed by atoms with Gasteiger partial charge >= 0.3 is 12.2 Å². The van der Waals surface area contributed by atoms with Crippen molar-refractivity contribution in [2.75, 3.05) is 11.9 Å². The SMILES string of the molecule is CN(c1cccc(Br)c1)c1nc(OC2CCCCC2)ncc1C(F)(F)F. The molecule has 2 aromatic rings. The Bertz CT molecular complexity index is 764. The van der Waals surface area contributed by atoms with Gasteiger partial charge in [0.05, 0.1) is 0 Å². The molecule has 0 unspecified atom stereocenters. The predicted molar refractivity (Wildman–Crippen MR) is 96.7 cm³/mol. The molecule has 1 aliphatic rings. The summed E-state index contributed by atoms with van der Waals surface area (Å²) in [6.45, 7) is 0. The topological polar surface area (TPSA) is 38.2 Å². The summed E-state index contributed by atoms with van der Waals surface area (Å²) in [6, 6.07) is 6.99. The van der Waals surface area contributed by atoms with Crippen LogP contribution in [0.15, 0.2) is 34.9 Å². The molecule has 1 heterocycles. The first-order chi connectivity index (χ1) is 12.3. The van der Waals surface area contributed by atoms with E-state index in [1.807, 2.05) is 0 Å². The molecule has 0 atom stereocenters. The number of anilines is 2. The van der Waals surface area contributed by atoms with E-state index in [-0.39, 0.29) is 17.9 Å². The lowest BCUT2D eigenvalue weighted by atomic mass is 9.98. The van der Waals surface area contributed by atoms with E-state index in [0.29, 0.717) is 5.69 Å². The Morgan fingerprint density at radius 2 is 1.92 bits per heavy atom.